The highest BCUT2D eigenvalue weighted by Gasteiger charge is 2.64. The highest BCUT2D eigenvalue weighted by atomic mass is 32.2. The van der Waals surface area contributed by atoms with Crippen molar-refractivity contribution in [2.45, 2.75) is 36.6 Å². The summed E-state index contributed by atoms with van der Waals surface area (Å²) < 4.78 is 26.9. The minimum Gasteiger partial charge on any atom is -0.303 e. The van der Waals surface area contributed by atoms with Crippen LogP contribution in [0.1, 0.15) is 24.8 Å². The molecule has 0 radical (unpaired) electrons. The Labute approximate surface area is 113 Å². The summed E-state index contributed by atoms with van der Waals surface area (Å²) >= 11 is 0. The minimum atomic E-state index is -3.47. The fourth-order valence-electron chi connectivity index (χ4n) is 3.23. The van der Waals surface area contributed by atoms with E-state index in [1.165, 1.54) is 0 Å². The molecule has 1 heterocycles. The van der Waals surface area contributed by atoms with Crippen LogP contribution in [0.3, 0.4) is 0 Å². The predicted octanol–water partition coefficient (Wildman–Crippen LogP) is 1.74. The van der Waals surface area contributed by atoms with Gasteiger partial charge in [0.1, 0.15) is 6.29 Å². The van der Waals surface area contributed by atoms with Crippen molar-refractivity contribution in [1.82, 2.24) is 4.31 Å². The quantitative estimate of drug-likeness (QED) is 0.789. The molecule has 2 atom stereocenters. The van der Waals surface area contributed by atoms with Crippen LogP contribution in [0.5, 0.6) is 0 Å². The third-order valence-electron chi connectivity index (χ3n) is 4.42. The molecule has 1 aromatic carbocycles. The topological polar surface area (TPSA) is 54.5 Å². The molecule has 0 amide bonds. The molecule has 5 heteroatoms. The van der Waals surface area contributed by atoms with Crippen molar-refractivity contribution in [3.63, 3.8) is 0 Å². The van der Waals surface area contributed by atoms with E-state index in [4.69, 9.17) is 0 Å². The Morgan fingerprint density at radius 2 is 2.05 bits per heavy atom. The Bertz CT molecular complexity index is 608. The van der Waals surface area contributed by atoms with Crippen LogP contribution in [0, 0.1) is 12.8 Å². The first-order valence-electron chi connectivity index (χ1n) is 6.54. The summed E-state index contributed by atoms with van der Waals surface area (Å²) in [7, 11) is -3.47. The van der Waals surface area contributed by atoms with E-state index < -0.39 is 15.6 Å². The van der Waals surface area contributed by atoms with Crippen LogP contribution in [0.4, 0.5) is 0 Å². The largest absolute Gasteiger partial charge is 0.303 e. The summed E-state index contributed by atoms with van der Waals surface area (Å²) in [5.74, 6) is 0.373. The number of carbonyl (C=O) groups excluding carboxylic acids is 1. The summed E-state index contributed by atoms with van der Waals surface area (Å²) in [5, 5.41) is 0. The molecule has 1 aliphatic heterocycles. The Balaban J connectivity index is 1.97. The molecule has 2 unspecified atom stereocenters. The minimum absolute atomic E-state index is 0.322. The fraction of sp³-hybridized carbons (Fsp3) is 0.500. The Hall–Kier alpha value is -1.20. The molecule has 4 nitrogen and oxygen atoms in total. The second-order valence-electron chi connectivity index (χ2n) is 5.55. The lowest BCUT2D eigenvalue weighted by Gasteiger charge is -2.26. The second kappa shape index (κ2) is 4.15. The molecule has 19 heavy (non-hydrogen) atoms. The van der Waals surface area contributed by atoms with Gasteiger partial charge in [-0.2, -0.15) is 4.31 Å². The van der Waals surface area contributed by atoms with Crippen molar-refractivity contribution < 1.29 is 13.2 Å². The standard InChI is InChI=1S/C14H17NO3S/c1-11-2-4-13(5-3-11)19(17,18)15-8-6-12-10-14(12,15)7-9-16/h2-5,9,12H,6-8,10H2,1H3. The molecule has 102 valence electrons. The van der Waals surface area contributed by atoms with Crippen LogP contribution in [0.2, 0.25) is 0 Å². The maximum absolute atomic E-state index is 12.7. The molecular weight excluding hydrogens is 262 g/mol. The van der Waals surface area contributed by atoms with Gasteiger partial charge in [-0.3, -0.25) is 0 Å². The molecule has 0 N–H and O–H groups in total. The molecule has 3 rings (SSSR count). The van der Waals surface area contributed by atoms with Gasteiger partial charge < -0.3 is 4.79 Å². The molecule has 0 aromatic heterocycles. The number of piperidine rings is 1. The maximum atomic E-state index is 12.7. The highest BCUT2D eigenvalue weighted by molar-refractivity contribution is 7.89. The average Bonchev–Trinajstić information content (AvgIpc) is 2.94. The third-order valence-corrected chi connectivity index (χ3v) is 6.42. The van der Waals surface area contributed by atoms with Crippen LogP contribution in [0.25, 0.3) is 0 Å². The highest BCUT2D eigenvalue weighted by Crippen LogP contribution is 2.58. The van der Waals surface area contributed by atoms with E-state index in [0.29, 0.717) is 23.8 Å². The van der Waals surface area contributed by atoms with Gasteiger partial charge in [-0.1, -0.05) is 17.7 Å². The van der Waals surface area contributed by atoms with Crippen molar-refractivity contribution in [1.29, 1.82) is 0 Å². The number of aryl methyl sites for hydroxylation is 1. The van der Waals surface area contributed by atoms with Crippen molar-refractivity contribution in [3.8, 4) is 0 Å². The molecule has 0 bridgehead atoms. The molecule has 0 spiro atoms. The first-order chi connectivity index (χ1) is 9.00. The zero-order valence-corrected chi connectivity index (χ0v) is 11.7. The number of carbonyl (C=O) groups is 1. The molecule has 2 fully saturated rings. The van der Waals surface area contributed by atoms with E-state index in [1.807, 2.05) is 6.92 Å². The lowest BCUT2D eigenvalue weighted by Crippen LogP contribution is -2.40. The van der Waals surface area contributed by atoms with Gasteiger partial charge in [-0.15, -0.1) is 0 Å². The number of fused-ring (bicyclic) bond motifs is 1. The smallest absolute Gasteiger partial charge is 0.243 e. The van der Waals surface area contributed by atoms with E-state index >= 15 is 0 Å². The first kappa shape index (κ1) is 12.8. The number of nitrogens with zero attached hydrogens (tertiary/aromatic N) is 1. The van der Waals surface area contributed by atoms with Gasteiger partial charge in [0.25, 0.3) is 0 Å². The van der Waals surface area contributed by atoms with Gasteiger partial charge in [0.15, 0.2) is 0 Å². The first-order valence-corrected chi connectivity index (χ1v) is 7.98. The van der Waals surface area contributed by atoms with Crippen LogP contribution in [-0.4, -0.2) is 31.1 Å². The van der Waals surface area contributed by atoms with Crippen molar-refractivity contribution in [3.05, 3.63) is 29.8 Å². The van der Waals surface area contributed by atoms with Crippen LogP contribution >= 0.6 is 0 Å². The summed E-state index contributed by atoms with van der Waals surface area (Å²) in [5.41, 5.74) is 0.623. The molecule has 1 saturated carbocycles. The summed E-state index contributed by atoms with van der Waals surface area (Å²) in [6.07, 6.45) is 2.88. The van der Waals surface area contributed by atoms with Crippen molar-refractivity contribution >= 4 is 16.3 Å². The zero-order chi connectivity index (χ0) is 13.7. The Morgan fingerprint density at radius 3 is 2.63 bits per heavy atom. The number of sulfonamides is 1. The normalized spacial score (nSPS) is 30.1. The molecular formula is C14H17NO3S. The molecule has 2 aliphatic rings. The van der Waals surface area contributed by atoms with Gasteiger partial charge in [-0.05, 0) is 37.8 Å². The predicted molar refractivity (Wildman–Crippen MR) is 71.2 cm³/mol. The lowest BCUT2D eigenvalue weighted by molar-refractivity contribution is -0.108. The average molecular weight is 279 g/mol. The molecule has 1 aliphatic carbocycles. The van der Waals surface area contributed by atoms with Crippen LogP contribution in [0.15, 0.2) is 29.2 Å². The summed E-state index contributed by atoms with van der Waals surface area (Å²) in [6, 6.07) is 6.91. The number of benzene rings is 1. The number of aldehydes is 1. The summed E-state index contributed by atoms with van der Waals surface area (Å²) in [6.45, 7) is 2.46. The van der Waals surface area contributed by atoms with E-state index in [2.05, 4.69) is 0 Å². The zero-order valence-electron chi connectivity index (χ0n) is 10.9. The van der Waals surface area contributed by atoms with Crippen molar-refractivity contribution in [2.24, 2.45) is 5.92 Å². The Kier molecular flexibility index (Phi) is 2.80. The second-order valence-corrected chi connectivity index (χ2v) is 7.42. The van der Waals surface area contributed by atoms with E-state index in [0.717, 1.165) is 24.7 Å². The third kappa shape index (κ3) is 1.83. The number of hydrogen-bond donors (Lipinski definition) is 0. The van der Waals surface area contributed by atoms with Gasteiger partial charge in [0, 0.05) is 18.5 Å². The number of hydrogen-bond acceptors (Lipinski definition) is 3. The fourth-order valence-corrected chi connectivity index (χ4v) is 5.09. The van der Waals surface area contributed by atoms with Gasteiger partial charge >= 0.3 is 0 Å². The van der Waals surface area contributed by atoms with Crippen LogP contribution in [-0.2, 0) is 14.8 Å². The van der Waals surface area contributed by atoms with Gasteiger partial charge in [-0.25, -0.2) is 8.42 Å². The summed E-state index contributed by atoms with van der Waals surface area (Å²) in [4.78, 5) is 11.2. The van der Waals surface area contributed by atoms with E-state index in [1.54, 1.807) is 28.6 Å². The lowest BCUT2D eigenvalue weighted by atomic mass is 10.2. The number of rotatable bonds is 4. The maximum Gasteiger partial charge on any atom is 0.243 e. The monoisotopic (exact) mass is 279 g/mol. The van der Waals surface area contributed by atoms with E-state index in [-0.39, 0.29) is 0 Å². The molecule has 1 aromatic rings. The SMILES string of the molecule is Cc1ccc(S(=O)(=O)N2CCC3CC32CC=O)cc1. The van der Waals surface area contributed by atoms with Crippen molar-refractivity contribution in [2.75, 3.05) is 6.54 Å². The van der Waals surface area contributed by atoms with E-state index in [9.17, 15) is 13.2 Å². The molecule has 1 saturated heterocycles. The van der Waals surface area contributed by atoms with Gasteiger partial charge in [0.05, 0.1) is 4.90 Å². The van der Waals surface area contributed by atoms with Crippen LogP contribution < -0.4 is 0 Å². The Morgan fingerprint density at radius 1 is 1.37 bits per heavy atom. The van der Waals surface area contributed by atoms with Gasteiger partial charge in [0.2, 0.25) is 10.0 Å².